The first-order chi connectivity index (χ1) is 11.7. The van der Waals surface area contributed by atoms with Crippen LogP contribution in [-0.2, 0) is 11.3 Å². The number of methoxy groups -OCH3 is 1. The van der Waals surface area contributed by atoms with Gasteiger partial charge in [-0.2, -0.15) is 0 Å². The van der Waals surface area contributed by atoms with Crippen LogP contribution in [0.1, 0.15) is 17.4 Å². The molecule has 1 N–H and O–H groups in total. The Kier molecular flexibility index (Phi) is 5.39. The Morgan fingerprint density at radius 3 is 2.54 bits per heavy atom. The molecule has 1 aromatic heterocycles. The highest BCUT2D eigenvalue weighted by Gasteiger charge is 2.29. The summed E-state index contributed by atoms with van der Waals surface area (Å²) in [6.07, 6.45) is 0. The number of rotatable bonds is 6. The van der Waals surface area contributed by atoms with Crippen LogP contribution >= 0.6 is 0 Å². The van der Waals surface area contributed by atoms with E-state index in [1.807, 2.05) is 12.1 Å². The molecule has 0 radical (unpaired) electrons. The first kappa shape index (κ1) is 16.8. The number of aromatic hydroxyl groups is 1. The van der Waals surface area contributed by atoms with Crippen LogP contribution in [0.4, 0.5) is 0 Å². The standard InChI is InChI=1S/C16H24N6O2/c1-20-7-9-21(10-8-20)15(13-3-5-14(23)6-4-13)16-17-18-19-22(16)11-12-24-2/h3-6,15,23H,7-12H2,1-2H3/t15-/m0/s1. The Labute approximate surface area is 141 Å². The zero-order valence-corrected chi connectivity index (χ0v) is 14.2. The molecule has 0 unspecified atom stereocenters. The maximum absolute atomic E-state index is 9.60. The second-order valence-corrected chi connectivity index (χ2v) is 6.09. The third-order valence-electron chi connectivity index (χ3n) is 4.42. The largest absolute Gasteiger partial charge is 0.508 e. The number of hydrogen-bond acceptors (Lipinski definition) is 7. The molecule has 1 aliphatic rings. The van der Waals surface area contributed by atoms with E-state index in [9.17, 15) is 5.11 Å². The average Bonchev–Trinajstić information content (AvgIpc) is 3.05. The van der Waals surface area contributed by atoms with Gasteiger partial charge in [0.25, 0.3) is 0 Å². The second kappa shape index (κ2) is 7.69. The third-order valence-corrected chi connectivity index (χ3v) is 4.42. The molecule has 8 heteroatoms. The number of likely N-dealkylation sites (N-methyl/N-ethyl adjacent to an activating group) is 1. The van der Waals surface area contributed by atoms with Crippen molar-refractivity contribution in [2.24, 2.45) is 0 Å². The summed E-state index contributed by atoms with van der Waals surface area (Å²) < 4.78 is 6.97. The van der Waals surface area contributed by atoms with Crippen molar-refractivity contribution in [3.8, 4) is 5.75 Å². The molecule has 0 saturated carbocycles. The van der Waals surface area contributed by atoms with E-state index in [1.54, 1.807) is 23.9 Å². The van der Waals surface area contributed by atoms with Crippen LogP contribution in [0, 0.1) is 0 Å². The number of piperazine rings is 1. The van der Waals surface area contributed by atoms with Crippen molar-refractivity contribution < 1.29 is 9.84 Å². The summed E-state index contributed by atoms with van der Waals surface area (Å²) in [5, 5.41) is 21.9. The molecule has 1 fully saturated rings. The molecule has 0 amide bonds. The topological polar surface area (TPSA) is 79.5 Å². The number of ether oxygens (including phenoxy) is 1. The lowest BCUT2D eigenvalue weighted by Crippen LogP contribution is -2.46. The summed E-state index contributed by atoms with van der Waals surface area (Å²) in [4.78, 5) is 4.71. The van der Waals surface area contributed by atoms with E-state index >= 15 is 0 Å². The van der Waals surface area contributed by atoms with Crippen molar-refractivity contribution in [1.29, 1.82) is 0 Å². The smallest absolute Gasteiger partial charge is 0.173 e. The number of hydrogen-bond donors (Lipinski definition) is 1. The van der Waals surface area contributed by atoms with E-state index in [0.717, 1.165) is 37.6 Å². The highest BCUT2D eigenvalue weighted by Crippen LogP contribution is 2.29. The normalized spacial score (nSPS) is 17.9. The fraction of sp³-hybridized carbons (Fsp3) is 0.562. The van der Waals surface area contributed by atoms with Crippen molar-refractivity contribution in [3.05, 3.63) is 35.7 Å². The number of tetrazole rings is 1. The molecule has 1 aliphatic heterocycles. The van der Waals surface area contributed by atoms with Crippen molar-refractivity contribution >= 4 is 0 Å². The van der Waals surface area contributed by atoms with E-state index in [0.29, 0.717) is 13.2 Å². The molecule has 1 atom stereocenters. The van der Waals surface area contributed by atoms with Gasteiger partial charge in [0.1, 0.15) is 5.75 Å². The van der Waals surface area contributed by atoms with Crippen LogP contribution < -0.4 is 0 Å². The number of benzene rings is 1. The summed E-state index contributed by atoms with van der Waals surface area (Å²) in [5.41, 5.74) is 1.07. The average molecular weight is 332 g/mol. The minimum Gasteiger partial charge on any atom is -0.508 e. The SMILES string of the molecule is COCCn1nnnc1[C@H](c1ccc(O)cc1)N1CCN(C)CC1. The van der Waals surface area contributed by atoms with Gasteiger partial charge in [0.2, 0.25) is 0 Å². The molecule has 0 bridgehead atoms. The molecule has 1 aromatic carbocycles. The van der Waals surface area contributed by atoms with E-state index in [2.05, 4.69) is 32.4 Å². The predicted octanol–water partition coefficient (Wildman–Crippen LogP) is 0.362. The Bertz CT molecular complexity index is 636. The van der Waals surface area contributed by atoms with Gasteiger partial charge in [0, 0.05) is 33.3 Å². The Balaban J connectivity index is 1.92. The predicted molar refractivity (Wildman–Crippen MR) is 88.7 cm³/mol. The maximum atomic E-state index is 9.60. The van der Waals surface area contributed by atoms with Crippen LogP contribution in [0.2, 0.25) is 0 Å². The molecule has 1 saturated heterocycles. The molecular formula is C16H24N6O2. The number of phenols is 1. The number of aromatic nitrogens is 4. The van der Waals surface area contributed by atoms with Crippen molar-refractivity contribution in [1.82, 2.24) is 30.0 Å². The highest BCUT2D eigenvalue weighted by molar-refractivity contribution is 5.31. The van der Waals surface area contributed by atoms with Gasteiger partial charge < -0.3 is 14.7 Å². The van der Waals surface area contributed by atoms with Gasteiger partial charge in [-0.15, -0.1) is 5.10 Å². The Morgan fingerprint density at radius 2 is 1.88 bits per heavy atom. The molecule has 2 heterocycles. The fourth-order valence-corrected chi connectivity index (χ4v) is 3.00. The highest BCUT2D eigenvalue weighted by atomic mass is 16.5. The minimum atomic E-state index is -0.0360. The Morgan fingerprint density at radius 1 is 1.17 bits per heavy atom. The Hall–Kier alpha value is -2.03. The molecule has 3 rings (SSSR count). The van der Waals surface area contributed by atoms with Crippen LogP contribution in [0.3, 0.4) is 0 Å². The number of nitrogens with zero attached hydrogens (tertiary/aromatic N) is 6. The van der Waals surface area contributed by atoms with Gasteiger partial charge in [-0.1, -0.05) is 12.1 Å². The molecule has 8 nitrogen and oxygen atoms in total. The summed E-state index contributed by atoms with van der Waals surface area (Å²) in [6, 6.07) is 7.26. The zero-order valence-electron chi connectivity index (χ0n) is 14.2. The fourth-order valence-electron chi connectivity index (χ4n) is 3.00. The lowest BCUT2D eigenvalue weighted by Gasteiger charge is -2.37. The zero-order chi connectivity index (χ0) is 16.9. The molecule has 130 valence electrons. The van der Waals surface area contributed by atoms with E-state index in [4.69, 9.17) is 4.74 Å². The molecule has 0 aliphatic carbocycles. The lowest BCUT2D eigenvalue weighted by molar-refractivity contribution is 0.119. The molecule has 2 aromatic rings. The first-order valence-corrected chi connectivity index (χ1v) is 8.15. The van der Waals surface area contributed by atoms with E-state index < -0.39 is 0 Å². The summed E-state index contributed by atoms with van der Waals surface area (Å²) >= 11 is 0. The van der Waals surface area contributed by atoms with Crippen LogP contribution in [-0.4, -0.2) is 82.1 Å². The van der Waals surface area contributed by atoms with Gasteiger partial charge in [-0.05, 0) is 35.2 Å². The summed E-state index contributed by atoms with van der Waals surface area (Å²) in [7, 11) is 3.80. The molecular weight excluding hydrogens is 308 g/mol. The van der Waals surface area contributed by atoms with Crippen molar-refractivity contribution in [2.75, 3.05) is 46.9 Å². The van der Waals surface area contributed by atoms with Gasteiger partial charge in [0.05, 0.1) is 19.2 Å². The van der Waals surface area contributed by atoms with Crippen molar-refractivity contribution in [2.45, 2.75) is 12.6 Å². The maximum Gasteiger partial charge on any atom is 0.173 e. The van der Waals surface area contributed by atoms with Gasteiger partial charge in [-0.3, -0.25) is 4.90 Å². The van der Waals surface area contributed by atoms with Gasteiger partial charge in [0.15, 0.2) is 5.82 Å². The van der Waals surface area contributed by atoms with Crippen LogP contribution in [0.25, 0.3) is 0 Å². The van der Waals surface area contributed by atoms with Gasteiger partial charge in [-0.25, -0.2) is 4.68 Å². The van der Waals surface area contributed by atoms with Gasteiger partial charge >= 0.3 is 0 Å². The van der Waals surface area contributed by atoms with E-state index in [1.165, 1.54) is 0 Å². The molecule has 0 spiro atoms. The quantitative estimate of drug-likeness (QED) is 0.818. The summed E-state index contributed by atoms with van der Waals surface area (Å²) in [5.74, 6) is 1.07. The van der Waals surface area contributed by atoms with E-state index in [-0.39, 0.29) is 11.8 Å². The lowest BCUT2D eigenvalue weighted by atomic mass is 10.0. The minimum absolute atomic E-state index is 0.0360. The monoisotopic (exact) mass is 332 g/mol. The molecule has 24 heavy (non-hydrogen) atoms. The second-order valence-electron chi connectivity index (χ2n) is 6.09. The van der Waals surface area contributed by atoms with Crippen LogP contribution in [0.15, 0.2) is 24.3 Å². The first-order valence-electron chi connectivity index (χ1n) is 8.15. The summed E-state index contributed by atoms with van der Waals surface area (Å²) in [6.45, 7) is 5.07. The third kappa shape index (κ3) is 3.72. The van der Waals surface area contributed by atoms with Crippen molar-refractivity contribution in [3.63, 3.8) is 0 Å². The van der Waals surface area contributed by atoms with Crippen LogP contribution in [0.5, 0.6) is 5.75 Å². The number of phenolic OH excluding ortho intramolecular Hbond substituents is 1.